The summed E-state index contributed by atoms with van der Waals surface area (Å²) in [5, 5.41) is 9.18. The molecule has 2 aliphatic rings. The molecule has 0 radical (unpaired) electrons. The van der Waals surface area contributed by atoms with Gasteiger partial charge in [0.05, 0.1) is 0 Å². The summed E-state index contributed by atoms with van der Waals surface area (Å²) in [7, 11) is 1.88. The zero-order valence-electron chi connectivity index (χ0n) is 17.1. The fourth-order valence-corrected chi connectivity index (χ4v) is 5.76. The molecule has 0 N–H and O–H groups in total. The van der Waals surface area contributed by atoms with Crippen molar-refractivity contribution >= 4 is 38.3 Å². The summed E-state index contributed by atoms with van der Waals surface area (Å²) in [5.41, 5.74) is 9.69. The second kappa shape index (κ2) is 6.67. The third-order valence-electron chi connectivity index (χ3n) is 6.71. The lowest BCUT2D eigenvalue weighted by Gasteiger charge is -2.27. The summed E-state index contributed by atoms with van der Waals surface area (Å²) in [6, 6.07) is 20.8. The highest BCUT2D eigenvalue weighted by Crippen LogP contribution is 2.53. The van der Waals surface area contributed by atoms with Gasteiger partial charge in [0.25, 0.3) is 0 Å². The van der Waals surface area contributed by atoms with Crippen LogP contribution in [0.2, 0.25) is 0 Å². The lowest BCUT2D eigenvalue weighted by atomic mass is 9.93. The first kappa shape index (κ1) is 18.1. The maximum absolute atomic E-state index is 4.65. The number of halogens is 1. The van der Waals surface area contributed by atoms with Crippen LogP contribution in [0, 0.1) is 6.92 Å². The van der Waals surface area contributed by atoms with Gasteiger partial charge in [-0.2, -0.15) is 15.0 Å². The van der Waals surface area contributed by atoms with Crippen molar-refractivity contribution in [2.45, 2.75) is 38.1 Å². The molecular weight excluding hydrogens is 436 g/mol. The number of anilines is 2. The topological polar surface area (TPSA) is 34.0 Å². The van der Waals surface area contributed by atoms with Crippen LogP contribution in [0.5, 0.6) is 0 Å². The molecule has 1 aliphatic heterocycles. The Hall–Kier alpha value is -2.66. The molecule has 30 heavy (non-hydrogen) atoms. The minimum absolute atomic E-state index is 0.569. The van der Waals surface area contributed by atoms with E-state index in [2.05, 4.69) is 92.5 Å². The van der Waals surface area contributed by atoms with Gasteiger partial charge >= 0.3 is 0 Å². The molecule has 2 atom stereocenters. The van der Waals surface area contributed by atoms with E-state index in [0.717, 1.165) is 21.1 Å². The lowest BCUT2D eigenvalue weighted by Crippen LogP contribution is -2.26. The van der Waals surface area contributed by atoms with Crippen LogP contribution in [0.1, 0.15) is 36.3 Å². The molecule has 3 aromatic carbocycles. The number of fused-ring (bicyclic) bond motifs is 4. The van der Waals surface area contributed by atoms with Gasteiger partial charge in [0.2, 0.25) is 0 Å². The zero-order valence-corrected chi connectivity index (χ0v) is 18.7. The first-order valence-electron chi connectivity index (χ1n) is 10.6. The predicted octanol–water partition coefficient (Wildman–Crippen LogP) is 6.49. The zero-order chi connectivity index (χ0) is 20.4. The van der Waals surface area contributed by atoms with Crippen molar-refractivity contribution in [2.24, 2.45) is 7.05 Å². The maximum Gasteiger partial charge on any atom is 0.128 e. The summed E-state index contributed by atoms with van der Waals surface area (Å²) in [6.45, 7) is 2.15. The third-order valence-corrected chi connectivity index (χ3v) is 7.35. The van der Waals surface area contributed by atoms with Crippen LogP contribution in [0.25, 0.3) is 22.2 Å². The quantitative estimate of drug-likeness (QED) is 0.344. The predicted molar refractivity (Wildman–Crippen MR) is 125 cm³/mol. The molecule has 1 fully saturated rings. The van der Waals surface area contributed by atoms with Crippen molar-refractivity contribution in [1.29, 1.82) is 0 Å². The average Bonchev–Trinajstić information content (AvgIpc) is 3.43. The number of nitrogens with zero attached hydrogens (tertiary/aromatic N) is 4. The molecule has 0 amide bonds. The molecule has 1 aliphatic carbocycles. The van der Waals surface area contributed by atoms with E-state index in [1.807, 2.05) is 7.05 Å². The lowest BCUT2D eigenvalue weighted by molar-refractivity contribution is 0.642. The van der Waals surface area contributed by atoms with Gasteiger partial charge < -0.3 is 4.90 Å². The Kier molecular flexibility index (Phi) is 4.03. The summed E-state index contributed by atoms with van der Waals surface area (Å²) < 4.78 is 0.983. The van der Waals surface area contributed by atoms with E-state index in [1.165, 1.54) is 47.3 Å². The molecule has 150 valence electrons. The molecule has 0 spiro atoms. The van der Waals surface area contributed by atoms with E-state index < -0.39 is 0 Å². The fourth-order valence-electron chi connectivity index (χ4n) is 5.36. The van der Waals surface area contributed by atoms with Crippen molar-refractivity contribution in [3.8, 4) is 11.1 Å². The van der Waals surface area contributed by atoms with Crippen LogP contribution < -0.4 is 4.90 Å². The summed E-state index contributed by atoms with van der Waals surface area (Å²) >= 11 is 3.62. The third kappa shape index (κ3) is 2.64. The molecule has 6 rings (SSSR count). The smallest absolute Gasteiger partial charge is 0.128 e. The van der Waals surface area contributed by atoms with Crippen molar-refractivity contribution in [1.82, 2.24) is 15.0 Å². The Labute approximate surface area is 184 Å². The van der Waals surface area contributed by atoms with E-state index >= 15 is 0 Å². The summed E-state index contributed by atoms with van der Waals surface area (Å²) in [6.07, 6.45) is 3.83. The molecule has 1 saturated carbocycles. The largest absolute Gasteiger partial charge is 0.338 e. The maximum atomic E-state index is 4.65. The van der Waals surface area contributed by atoms with Crippen molar-refractivity contribution < 1.29 is 0 Å². The monoisotopic (exact) mass is 458 g/mol. The summed E-state index contributed by atoms with van der Waals surface area (Å²) in [4.78, 5) is 4.23. The van der Waals surface area contributed by atoms with E-state index in [-0.39, 0.29) is 0 Å². The van der Waals surface area contributed by atoms with Gasteiger partial charge in [-0.1, -0.05) is 36.2 Å². The van der Waals surface area contributed by atoms with Crippen molar-refractivity contribution in [2.75, 3.05) is 4.90 Å². The number of aromatic nitrogens is 3. The number of rotatable bonds is 2. The van der Waals surface area contributed by atoms with Gasteiger partial charge in [-0.05, 0) is 77.2 Å². The SMILES string of the molecule is Cc1ccc(N2c3ccc(-c4ccc(Br)c5nn(C)nc45)cc3C3CCCC32)cc1. The second-order valence-corrected chi connectivity index (χ2v) is 9.42. The molecule has 0 saturated heterocycles. The van der Waals surface area contributed by atoms with E-state index in [0.29, 0.717) is 12.0 Å². The van der Waals surface area contributed by atoms with Gasteiger partial charge in [0, 0.05) is 40.4 Å². The molecule has 0 bridgehead atoms. The van der Waals surface area contributed by atoms with E-state index in [4.69, 9.17) is 0 Å². The summed E-state index contributed by atoms with van der Waals surface area (Å²) in [5.74, 6) is 0.606. The van der Waals surface area contributed by atoms with E-state index in [1.54, 1.807) is 4.80 Å². The highest BCUT2D eigenvalue weighted by atomic mass is 79.9. The Balaban J connectivity index is 1.50. The minimum atomic E-state index is 0.569. The highest BCUT2D eigenvalue weighted by molar-refractivity contribution is 9.10. The van der Waals surface area contributed by atoms with Gasteiger partial charge in [0.15, 0.2) is 0 Å². The van der Waals surface area contributed by atoms with Crippen LogP contribution in [0.15, 0.2) is 59.1 Å². The highest BCUT2D eigenvalue weighted by Gasteiger charge is 2.42. The van der Waals surface area contributed by atoms with Crippen LogP contribution >= 0.6 is 15.9 Å². The normalized spacial score (nSPS) is 20.0. The number of hydrogen-bond donors (Lipinski definition) is 0. The van der Waals surface area contributed by atoms with Crippen molar-refractivity contribution in [3.63, 3.8) is 0 Å². The second-order valence-electron chi connectivity index (χ2n) is 8.57. The Morgan fingerprint density at radius 1 is 0.933 bits per heavy atom. The van der Waals surface area contributed by atoms with Crippen LogP contribution in [0.4, 0.5) is 11.4 Å². The first-order chi connectivity index (χ1) is 14.6. The van der Waals surface area contributed by atoms with Gasteiger partial charge in [0.1, 0.15) is 11.0 Å². The van der Waals surface area contributed by atoms with Gasteiger partial charge in [-0.15, -0.1) is 0 Å². The molecule has 5 heteroatoms. The van der Waals surface area contributed by atoms with Crippen LogP contribution in [-0.4, -0.2) is 21.0 Å². The first-order valence-corrected chi connectivity index (χ1v) is 11.4. The molecular formula is C25H23BrN4. The molecule has 4 nitrogen and oxygen atoms in total. The number of benzene rings is 3. The molecule has 4 aromatic rings. The molecule has 2 unspecified atom stereocenters. The Morgan fingerprint density at radius 3 is 2.57 bits per heavy atom. The molecule has 2 heterocycles. The van der Waals surface area contributed by atoms with Gasteiger partial charge in [-0.3, -0.25) is 0 Å². The number of hydrogen-bond acceptors (Lipinski definition) is 3. The van der Waals surface area contributed by atoms with Crippen LogP contribution in [-0.2, 0) is 7.05 Å². The van der Waals surface area contributed by atoms with Crippen molar-refractivity contribution in [3.05, 3.63) is 70.2 Å². The Bertz CT molecular complexity index is 1270. The minimum Gasteiger partial charge on any atom is -0.338 e. The van der Waals surface area contributed by atoms with Crippen LogP contribution in [0.3, 0.4) is 0 Å². The Morgan fingerprint density at radius 2 is 1.73 bits per heavy atom. The molecule has 1 aromatic heterocycles. The number of aryl methyl sites for hydroxylation is 2. The fraction of sp³-hybridized carbons (Fsp3) is 0.280. The average molecular weight is 459 g/mol. The van der Waals surface area contributed by atoms with Gasteiger partial charge in [-0.25, -0.2) is 0 Å². The van der Waals surface area contributed by atoms with E-state index in [9.17, 15) is 0 Å². The standard InChI is InChI=1S/C25H23BrN4/c1-15-6-9-17(10-7-15)30-22-5-3-4-19(22)20-14-16(8-13-23(20)30)18-11-12-21(26)25-24(18)27-29(2)28-25/h6-14,19,22H,3-5H2,1-2H3.